The maximum absolute atomic E-state index is 12.5. The van der Waals surface area contributed by atoms with Crippen molar-refractivity contribution in [2.45, 2.75) is 31.8 Å². The standard InChI is InChI=1S/C15H25N5O3S/c1-5-9-12-18(8-4)15(21)20-13-16-14(17-20)24(22,23)19(10-6-2)11-7-3/h6-7,13H,2-3,5,8-12H2,1,4H3. The van der Waals surface area contributed by atoms with E-state index in [1.165, 1.54) is 12.2 Å². The summed E-state index contributed by atoms with van der Waals surface area (Å²) in [5.41, 5.74) is 0. The van der Waals surface area contributed by atoms with Crippen LogP contribution in [0.4, 0.5) is 4.79 Å². The molecule has 0 saturated heterocycles. The lowest BCUT2D eigenvalue weighted by Gasteiger charge is -2.19. The lowest BCUT2D eigenvalue weighted by atomic mass is 10.3. The second kappa shape index (κ2) is 9.33. The normalized spacial score (nSPS) is 11.5. The largest absolute Gasteiger partial charge is 0.346 e. The molecular weight excluding hydrogens is 330 g/mol. The molecule has 0 bridgehead atoms. The monoisotopic (exact) mass is 355 g/mol. The van der Waals surface area contributed by atoms with E-state index in [1.54, 1.807) is 4.90 Å². The number of rotatable bonds is 10. The number of hydrogen-bond donors (Lipinski definition) is 0. The Kier molecular flexibility index (Phi) is 7.80. The summed E-state index contributed by atoms with van der Waals surface area (Å²) in [4.78, 5) is 17.8. The molecule has 0 fully saturated rings. The SMILES string of the molecule is C=CCN(CC=C)S(=O)(=O)c1ncn(C(=O)N(CC)CCCC)n1. The molecule has 9 heteroatoms. The summed E-state index contributed by atoms with van der Waals surface area (Å²) in [5.74, 6) is 0. The van der Waals surface area contributed by atoms with Gasteiger partial charge in [-0.2, -0.15) is 8.99 Å². The molecule has 1 rings (SSSR count). The van der Waals surface area contributed by atoms with Crippen LogP contribution in [0.1, 0.15) is 26.7 Å². The minimum atomic E-state index is -3.91. The van der Waals surface area contributed by atoms with Crippen molar-refractivity contribution in [1.82, 2.24) is 24.0 Å². The lowest BCUT2D eigenvalue weighted by molar-refractivity contribution is 0.197. The molecule has 1 amide bonds. The van der Waals surface area contributed by atoms with Crippen molar-refractivity contribution in [3.05, 3.63) is 31.6 Å². The number of hydrogen-bond acceptors (Lipinski definition) is 5. The van der Waals surface area contributed by atoms with Gasteiger partial charge in [0.05, 0.1) is 0 Å². The highest BCUT2D eigenvalue weighted by atomic mass is 32.2. The highest BCUT2D eigenvalue weighted by Gasteiger charge is 2.28. The van der Waals surface area contributed by atoms with E-state index >= 15 is 0 Å². The number of unbranched alkanes of at least 4 members (excludes halogenated alkanes) is 1. The zero-order chi connectivity index (χ0) is 18.2. The van der Waals surface area contributed by atoms with Crippen LogP contribution in [0.2, 0.25) is 0 Å². The number of carbonyl (C=O) groups is 1. The Bertz CT molecular complexity index is 658. The van der Waals surface area contributed by atoms with E-state index in [2.05, 4.69) is 23.2 Å². The second-order valence-corrected chi connectivity index (χ2v) is 6.92. The van der Waals surface area contributed by atoms with Gasteiger partial charge in [-0.25, -0.2) is 18.2 Å². The molecule has 0 N–H and O–H groups in total. The van der Waals surface area contributed by atoms with Crippen LogP contribution in [0.5, 0.6) is 0 Å². The fraction of sp³-hybridized carbons (Fsp3) is 0.533. The van der Waals surface area contributed by atoms with Gasteiger partial charge in [-0.3, -0.25) is 0 Å². The van der Waals surface area contributed by atoms with Crippen LogP contribution in [0, 0.1) is 0 Å². The highest BCUT2D eigenvalue weighted by molar-refractivity contribution is 7.89. The molecule has 1 aromatic rings. The van der Waals surface area contributed by atoms with Crippen molar-refractivity contribution in [3.8, 4) is 0 Å². The lowest BCUT2D eigenvalue weighted by Crippen LogP contribution is -2.36. The number of aromatic nitrogens is 3. The molecular formula is C15H25N5O3S. The molecule has 0 spiro atoms. The molecule has 0 atom stereocenters. The van der Waals surface area contributed by atoms with Crippen molar-refractivity contribution in [1.29, 1.82) is 0 Å². The third kappa shape index (κ3) is 4.75. The molecule has 0 aliphatic rings. The van der Waals surface area contributed by atoms with E-state index in [1.807, 2.05) is 13.8 Å². The van der Waals surface area contributed by atoms with Crippen molar-refractivity contribution >= 4 is 16.1 Å². The smallest absolute Gasteiger partial charge is 0.323 e. The predicted octanol–water partition coefficient (Wildman–Crippen LogP) is 1.73. The predicted molar refractivity (Wildman–Crippen MR) is 92.1 cm³/mol. The van der Waals surface area contributed by atoms with Gasteiger partial charge in [-0.15, -0.1) is 18.3 Å². The first-order valence-corrected chi connectivity index (χ1v) is 9.29. The summed E-state index contributed by atoms with van der Waals surface area (Å²) in [6.07, 6.45) is 5.88. The molecule has 0 radical (unpaired) electrons. The molecule has 134 valence electrons. The zero-order valence-corrected chi connectivity index (χ0v) is 15.1. The van der Waals surface area contributed by atoms with E-state index in [4.69, 9.17) is 0 Å². The fourth-order valence-corrected chi connectivity index (χ4v) is 3.22. The van der Waals surface area contributed by atoms with Gasteiger partial charge >= 0.3 is 6.03 Å². The van der Waals surface area contributed by atoms with Crippen molar-refractivity contribution in [2.75, 3.05) is 26.2 Å². The summed E-state index contributed by atoms with van der Waals surface area (Å²) < 4.78 is 27.1. The average molecular weight is 355 g/mol. The van der Waals surface area contributed by atoms with Crippen LogP contribution in [-0.4, -0.2) is 64.6 Å². The van der Waals surface area contributed by atoms with Gasteiger partial charge in [0.25, 0.3) is 15.2 Å². The topological polar surface area (TPSA) is 88.4 Å². The van der Waals surface area contributed by atoms with Gasteiger partial charge in [-0.1, -0.05) is 25.5 Å². The van der Waals surface area contributed by atoms with E-state index < -0.39 is 15.2 Å². The summed E-state index contributed by atoms with van der Waals surface area (Å²) in [6.45, 7) is 12.3. The molecule has 24 heavy (non-hydrogen) atoms. The van der Waals surface area contributed by atoms with E-state index in [0.717, 1.165) is 28.2 Å². The quantitative estimate of drug-likeness (QED) is 0.596. The van der Waals surface area contributed by atoms with E-state index in [9.17, 15) is 13.2 Å². The molecule has 1 aromatic heterocycles. The van der Waals surface area contributed by atoms with Gasteiger partial charge < -0.3 is 4.90 Å². The zero-order valence-electron chi connectivity index (χ0n) is 14.3. The van der Waals surface area contributed by atoms with Gasteiger partial charge in [0.15, 0.2) is 0 Å². The Morgan fingerprint density at radius 3 is 2.42 bits per heavy atom. The highest BCUT2D eigenvalue weighted by Crippen LogP contribution is 2.11. The summed E-state index contributed by atoms with van der Waals surface area (Å²) in [5, 5.41) is 3.45. The molecule has 0 aromatic carbocycles. The van der Waals surface area contributed by atoms with Gasteiger partial charge in [0.2, 0.25) is 0 Å². The van der Waals surface area contributed by atoms with Crippen molar-refractivity contribution in [2.24, 2.45) is 0 Å². The Labute approximate surface area is 143 Å². The van der Waals surface area contributed by atoms with Crippen LogP contribution in [0.15, 0.2) is 36.8 Å². The van der Waals surface area contributed by atoms with Gasteiger partial charge in [0, 0.05) is 26.2 Å². The second-order valence-electron chi connectivity index (χ2n) is 5.09. The molecule has 0 saturated carbocycles. The Morgan fingerprint density at radius 1 is 1.29 bits per heavy atom. The van der Waals surface area contributed by atoms with Crippen LogP contribution in [0.3, 0.4) is 0 Å². The summed E-state index contributed by atoms with van der Waals surface area (Å²) in [7, 11) is -3.91. The number of amides is 1. The Morgan fingerprint density at radius 2 is 1.92 bits per heavy atom. The Balaban J connectivity index is 3.03. The van der Waals surface area contributed by atoms with E-state index in [-0.39, 0.29) is 19.1 Å². The third-order valence-electron chi connectivity index (χ3n) is 3.34. The van der Waals surface area contributed by atoms with Gasteiger partial charge in [0.1, 0.15) is 6.33 Å². The minimum Gasteiger partial charge on any atom is -0.323 e. The van der Waals surface area contributed by atoms with Crippen LogP contribution in [-0.2, 0) is 10.0 Å². The van der Waals surface area contributed by atoms with Crippen molar-refractivity contribution in [3.63, 3.8) is 0 Å². The van der Waals surface area contributed by atoms with Gasteiger partial charge in [-0.05, 0) is 13.3 Å². The van der Waals surface area contributed by atoms with Crippen molar-refractivity contribution < 1.29 is 13.2 Å². The van der Waals surface area contributed by atoms with E-state index in [0.29, 0.717) is 13.1 Å². The molecule has 0 aliphatic carbocycles. The summed E-state index contributed by atoms with van der Waals surface area (Å²) in [6, 6.07) is -0.390. The number of carbonyl (C=O) groups excluding carboxylic acids is 1. The molecule has 1 heterocycles. The maximum Gasteiger partial charge on any atom is 0.346 e. The Hall–Kier alpha value is -2.00. The minimum absolute atomic E-state index is 0.106. The van der Waals surface area contributed by atoms with Crippen LogP contribution < -0.4 is 0 Å². The first-order valence-electron chi connectivity index (χ1n) is 7.85. The molecule has 0 unspecified atom stereocenters. The third-order valence-corrected chi connectivity index (χ3v) is 4.96. The van der Waals surface area contributed by atoms with Crippen LogP contribution >= 0.6 is 0 Å². The fourth-order valence-electron chi connectivity index (χ4n) is 2.02. The van der Waals surface area contributed by atoms with Crippen LogP contribution in [0.25, 0.3) is 0 Å². The molecule has 8 nitrogen and oxygen atoms in total. The molecule has 0 aliphatic heterocycles. The first kappa shape index (κ1) is 20.0. The number of nitrogens with zero attached hydrogens (tertiary/aromatic N) is 5. The summed E-state index contributed by atoms with van der Waals surface area (Å²) >= 11 is 0. The maximum atomic E-state index is 12.5. The average Bonchev–Trinajstić information content (AvgIpc) is 3.06. The first-order chi connectivity index (χ1) is 11.4. The number of sulfonamides is 1.